The van der Waals surface area contributed by atoms with Gasteiger partial charge in [-0.15, -0.1) is 0 Å². The lowest BCUT2D eigenvalue weighted by Crippen LogP contribution is -2.29. The van der Waals surface area contributed by atoms with E-state index >= 15 is 0 Å². The third-order valence-corrected chi connectivity index (χ3v) is 3.76. The topological polar surface area (TPSA) is 59.0 Å². The van der Waals surface area contributed by atoms with Gasteiger partial charge in [0.05, 0.1) is 11.4 Å². The van der Waals surface area contributed by atoms with Crippen molar-refractivity contribution in [3.8, 4) is 0 Å². The summed E-state index contributed by atoms with van der Waals surface area (Å²) >= 11 is 3.16. The first kappa shape index (κ1) is 15.5. The summed E-state index contributed by atoms with van der Waals surface area (Å²) in [6, 6.07) is 4.00. The minimum Gasteiger partial charge on any atom is -0.334 e. The molecule has 0 aliphatic carbocycles. The molecule has 2 aromatic rings. The Morgan fingerprint density at radius 1 is 1.43 bits per heavy atom. The summed E-state index contributed by atoms with van der Waals surface area (Å²) in [5.74, 6) is -0.492. The van der Waals surface area contributed by atoms with Crippen molar-refractivity contribution in [2.45, 2.75) is 20.4 Å². The molecule has 0 atom stereocenters. The summed E-state index contributed by atoms with van der Waals surface area (Å²) in [7, 11) is 1.85. The van der Waals surface area contributed by atoms with Crippen LogP contribution in [0.3, 0.4) is 0 Å². The maximum absolute atomic E-state index is 13.6. The molecule has 0 unspecified atom stereocenters. The Labute approximate surface area is 130 Å². The van der Waals surface area contributed by atoms with Gasteiger partial charge in [-0.1, -0.05) is 15.9 Å². The summed E-state index contributed by atoms with van der Waals surface area (Å²) in [6.07, 6.45) is 0. The van der Waals surface area contributed by atoms with Crippen molar-refractivity contribution in [2.75, 3.05) is 5.32 Å². The Bertz CT molecular complexity index is 684. The number of urea groups is 1. The van der Waals surface area contributed by atoms with E-state index in [0.717, 1.165) is 17.0 Å². The molecule has 5 nitrogen and oxygen atoms in total. The van der Waals surface area contributed by atoms with Crippen LogP contribution < -0.4 is 10.6 Å². The van der Waals surface area contributed by atoms with Crippen molar-refractivity contribution in [3.63, 3.8) is 0 Å². The third kappa shape index (κ3) is 3.60. The largest absolute Gasteiger partial charge is 0.334 e. The fourth-order valence-electron chi connectivity index (χ4n) is 2.00. The monoisotopic (exact) mass is 354 g/mol. The summed E-state index contributed by atoms with van der Waals surface area (Å²) in [5.41, 5.74) is 2.95. The van der Waals surface area contributed by atoms with E-state index < -0.39 is 11.8 Å². The lowest BCUT2D eigenvalue weighted by atomic mass is 10.2. The lowest BCUT2D eigenvalue weighted by Gasteiger charge is -2.09. The van der Waals surface area contributed by atoms with Gasteiger partial charge >= 0.3 is 6.03 Å². The minimum absolute atomic E-state index is 0.135. The van der Waals surface area contributed by atoms with Crippen LogP contribution in [-0.4, -0.2) is 15.8 Å². The number of nitrogens with zero attached hydrogens (tertiary/aromatic N) is 2. The fraction of sp³-hybridized carbons (Fsp3) is 0.286. The van der Waals surface area contributed by atoms with Gasteiger partial charge in [-0.3, -0.25) is 4.68 Å². The van der Waals surface area contributed by atoms with Gasteiger partial charge in [-0.05, 0) is 32.0 Å². The molecule has 1 aromatic heterocycles. The van der Waals surface area contributed by atoms with Gasteiger partial charge in [0.2, 0.25) is 0 Å². The molecule has 7 heteroatoms. The quantitative estimate of drug-likeness (QED) is 0.888. The lowest BCUT2D eigenvalue weighted by molar-refractivity contribution is 0.251. The Balaban J connectivity index is 1.99. The van der Waals surface area contributed by atoms with Crippen LogP contribution in [0.15, 0.2) is 22.7 Å². The molecular weight excluding hydrogens is 339 g/mol. The Morgan fingerprint density at radius 3 is 2.71 bits per heavy atom. The molecule has 1 heterocycles. The van der Waals surface area contributed by atoms with E-state index in [1.54, 1.807) is 10.7 Å². The van der Waals surface area contributed by atoms with Gasteiger partial charge in [-0.2, -0.15) is 5.10 Å². The molecule has 21 heavy (non-hydrogen) atoms. The Kier molecular flexibility index (Phi) is 4.62. The van der Waals surface area contributed by atoms with Crippen LogP contribution in [0.25, 0.3) is 0 Å². The van der Waals surface area contributed by atoms with Crippen LogP contribution in [0.4, 0.5) is 14.9 Å². The molecule has 0 aliphatic rings. The number of amides is 2. The van der Waals surface area contributed by atoms with Gasteiger partial charge in [-0.25, -0.2) is 9.18 Å². The van der Waals surface area contributed by atoms with Crippen LogP contribution in [0, 0.1) is 19.7 Å². The van der Waals surface area contributed by atoms with E-state index in [1.165, 1.54) is 12.1 Å². The highest BCUT2D eigenvalue weighted by Gasteiger charge is 2.11. The number of carbonyl (C=O) groups is 1. The first-order valence-electron chi connectivity index (χ1n) is 6.37. The van der Waals surface area contributed by atoms with E-state index in [9.17, 15) is 9.18 Å². The van der Waals surface area contributed by atoms with E-state index in [-0.39, 0.29) is 5.69 Å². The molecule has 0 bridgehead atoms. The van der Waals surface area contributed by atoms with Crippen LogP contribution in [-0.2, 0) is 13.6 Å². The zero-order chi connectivity index (χ0) is 15.6. The second-order valence-corrected chi connectivity index (χ2v) is 5.62. The maximum Gasteiger partial charge on any atom is 0.319 e. The average Bonchev–Trinajstić information content (AvgIpc) is 2.65. The van der Waals surface area contributed by atoms with Crippen molar-refractivity contribution in [1.29, 1.82) is 0 Å². The number of aromatic nitrogens is 2. The normalized spacial score (nSPS) is 10.5. The highest BCUT2D eigenvalue weighted by Crippen LogP contribution is 2.19. The van der Waals surface area contributed by atoms with Gasteiger partial charge < -0.3 is 10.6 Å². The van der Waals surface area contributed by atoms with Crippen LogP contribution in [0.1, 0.15) is 17.0 Å². The summed E-state index contributed by atoms with van der Waals surface area (Å²) in [6.45, 7) is 4.16. The molecular formula is C14H16BrFN4O. The molecule has 0 saturated heterocycles. The van der Waals surface area contributed by atoms with Crippen molar-refractivity contribution in [2.24, 2.45) is 7.05 Å². The zero-order valence-corrected chi connectivity index (χ0v) is 13.6. The molecule has 0 radical (unpaired) electrons. The zero-order valence-electron chi connectivity index (χ0n) is 12.0. The molecule has 2 amide bonds. The molecule has 1 aromatic carbocycles. The highest BCUT2D eigenvalue weighted by molar-refractivity contribution is 9.10. The van der Waals surface area contributed by atoms with Crippen LogP contribution in [0.5, 0.6) is 0 Å². The minimum atomic E-state index is -0.492. The fourth-order valence-corrected chi connectivity index (χ4v) is 2.33. The molecule has 0 spiro atoms. The second kappa shape index (κ2) is 6.26. The van der Waals surface area contributed by atoms with E-state index in [0.29, 0.717) is 11.0 Å². The number of rotatable bonds is 3. The SMILES string of the molecule is Cc1nn(C)c(C)c1CNC(=O)Nc1ccc(Br)cc1F. The predicted octanol–water partition coefficient (Wildman–Crippen LogP) is 3.26. The van der Waals surface area contributed by atoms with Crippen LogP contribution in [0.2, 0.25) is 0 Å². The van der Waals surface area contributed by atoms with Crippen molar-refractivity contribution >= 4 is 27.6 Å². The summed E-state index contributed by atoms with van der Waals surface area (Å²) in [4.78, 5) is 11.8. The Hall–Kier alpha value is -1.89. The number of aryl methyl sites for hydroxylation is 2. The average molecular weight is 355 g/mol. The van der Waals surface area contributed by atoms with Gasteiger partial charge in [0.25, 0.3) is 0 Å². The molecule has 0 saturated carbocycles. The number of halogens is 2. The van der Waals surface area contributed by atoms with Crippen molar-refractivity contribution in [1.82, 2.24) is 15.1 Å². The number of hydrogen-bond donors (Lipinski definition) is 2. The number of hydrogen-bond acceptors (Lipinski definition) is 2. The van der Waals surface area contributed by atoms with Gasteiger partial charge in [0.15, 0.2) is 0 Å². The second-order valence-electron chi connectivity index (χ2n) is 4.70. The number of nitrogens with one attached hydrogen (secondary N) is 2. The first-order chi connectivity index (χ1) is 9.88. The standard InChI is InChI=1S/C14H16BrFN4O/c1-8-11(9(2)20(3)19-8)7-17-14(21)18-13-5-4-10(15)6-12(13)16/h4-6H,7H2,1-3H3,(H2,17,18,21). The molecule has 112 valence electrons. The molecule has 0 aliphatic heterocycles. The van der Waals surface area contributed by atoms with Crippen molar-refractivity contribution < 1.29 is 9.18 Å². The first-order valence-corrected chi connectivity index (χ1v) is 7.16. The number of benzene rings is 1. The van der Waals surface area contributed by atoms with E-state index in [4.69, 9.17) is 0 Å². The number of anilines is 1. The molecule has 0 fully saturated rings. The van der Waals surface area contributed by atoms with E-state index in [2.05, 4.69) is 31.7 Å². The van der Waals surface area contributed by atoms with Crippen LogP contribution >= 0.6 is 15.9 Å². The van der Waals surface area contributed by atoms with E-state index in [1.807, 2.05) is 20.9 Å². The molecule has 2 N–H and O–H groups in total. The maximum atomic E-state index is 13.6. The van der Waals surface area contributed by atoms with Gasteiger partial charge in [0.1, 0.15) is 5.82 Å². The third-order valence-electron chi connectivity index (χ3n) is 3.26. The summed E-state index contributed by atoms with van der Waals surface area (Å²) < 4.78 is 16.0. The smallest absolute Gasteiger partial charge is 0.319 e. The predicted molar refractivity (Wildman–Crippen MR) is 82.6 cm³/mol. The number of carbonyl (C=O) groups excluding carboxylic acids is 1. The Morgan fingerprint density at radius 2 is 2.14 bits per heavy atom. The highest BCUT2D eigenvalue weighted by atomic mass is 79.9. The molecule has 2 rings (SSSR count). The van der Waals surface area contributed by atoms with Gasteiger partial charge in [0, 0.05) is 29.3 Å². The summed E-state index contributed by atoms with van der Waals surface area (Å²) in [5, 5.41) is 9.46. The van der Waals surface area contributed by atoms with Crippen molar-refractivity contribution in [3.05, 3.63) is 45.4 Å².